The fraction of sp³-hybridized carbons (Fsp3) is 0.318. The molecule has 2 aromatic carbocycles. The van der Waals surface area contributed by atoms with Gasteiger partial charge in [-0.05, 0) is 53.9 Å². The minimum absolute atomic E-state index is 0.00283. The maximum atomic E-state index is 12.9. The average molecular weight is 376 g/mol. The molecule has 3 aromatic rings. The molecule has 0 bridgehead atoms. The van der Waals surface area contributed by atoms with Gasteiger partial charge in [-0.2, -0.15) is 0 Å². The van der Waals surface area contributed by atoms with Crippen LogP contribution in [-0.2, 0) is 6.42 Å². The van der Waals surface area contributed by atoms with E-state index in [9.17, 15) is 14.8 Å². The van der Waals surface area contributed by atoms with E-state index in [2.05, 4.69) is 36.2 Å². The number of carbonyl (C=O) groups is 1. The number of benzene rings is 2. The van der Waals surface area contributed by atoms with E-state index in [-0.39, 0.29) is 5.91 Å². The predicted molar refractivity (Wildman–Crippen MR) is 112 cm³/mol. The molecule has 1 saturated heterocycles. The summed E-state index contributed by atoms with van der Waals surface area (Å²) in [4.78, 5) is 18.0. The molecule has 0 spiro atoms. The van der Waals surface area contributed by atoms with Gasteiger partial charge in [-0.3, -0.25) is 4.79 Å². The summed E-state index contributed by atoms with van der Waals surface area (Å²) in [5.41, 5.74) is 4.43. The molecule has 1 fully saturated rings. The van der Waals surface area contributed by atoms with Crippen molar-refractivity contribution in [2.24, 2.45) is 0 Å². The van der Waals surface area contributed by atoms with E-state index >= 15 is 0 Å². The van der Waals surface area contributed by atoms with Crippen LogP contribution in [0, 0.1) is 0 Å². The Morgan fingerprint density at radius 2 is 1.93 bits per heavy atom. The van der Waals surface area contributed by atoms with Gasteiger partial charge < -0.3 is 19.9 Å². The van der Waals surface area contributed by atoms with Crippen molar-refractivity contribution in [3.8, 4) is 0 Å². The van der Waals surface area contributed by atoms with E-state index < -0.39 is 7.12 Å². The molecule has 28 heavy (non-hydrogen) atoms. The molecule has 1 aliphatic rings. The number of carbonyl (C=O) groups excluding carboxylic acids is 1. The number of rotatable bonds is 4. The van der Waals surface area contributed by atoms with Gasteiger partial charge in [0.15, 0.2) is 0 Å². The molecule has 2 heterocycles. The SMILES string of the molecule is CCc1cccc(C2CCN(C(=O)c3cc4ccc(B(O)O)cc4[nH]3)CC2)c1. The first kappa shape index (κ1) is 18.8. The van der Waals surface area contributed by atoms with Crippen molar-refractivity contribution in [3.63, 3.8) is 0 Å². The number of nitrogens with zero attached hydrogens (tertiary/aromatic N) is 1. The number of nitrogens with one attached hydrogen (secondary N) is 1. The number of H-pyrrole nitrogens is 1. The fourth-order valence-corrected chi connectivity index (χ4v) is 4.07. The highest BCUT2D eigenvalue weighted by Crippen LogP contribution is 2.29. The lowest BCUT2D eigenvalue weighted by atomic mass is 9.80. The molecule has 5 nitrogen and oxygen atoms in total. The molecule has 0 saturated carbocycles. The maximum absolute atomic E-state index is 12.9. The second-order valence-electron chi connectivity index (χ2n) is 7.57. The Balaban J connectivity index is 1.45. The summed E-state index contributed by atoms with van der Waals surface area (Å²) in [6.07, 6.45) is 2.99. The van der Waals surface area contributed by atoms with Crippen molar-refractivity contribution in [1.29, 1.82) is 0 Å². The average Bonchev–Trinajstić information content (AvgIpc) is 3.16. The minimum atomic E-state index is -1.52. The Bertz CT molecular complexity index is 990. The summed E-state index contributed by atoms with van der Waals surface area (Å²) in [5.74, 6) is 0.509. The first-order valence-corrected chi connectivity index (χ1v) is 9.92. The summed E-state index contributed by atoms with van der Waals surface area (Å²) >= 11 is 0. The lowest BCUT2D eigenvalue weighted by Crippen LogP contribution is -2.38. The van der Waals surface area contributed by atoms with Crippen molar-refractivity contribution in [1.82, 2.24) is 9.88 Å². The number of aromatic amines is 1. The molecule has 6 heteroatoms. The van der Waals surface area contributed by atoms with Gasteiger partial charge in [-0.25, -0.2) is 0 Å². The summed E-state index contributed by atoms with van der Waals surface area (Å²) in [7, 11) is -1.52. The van der Waals surface area contributed by atoms with E-state index in [1.54, 1.807) is 18.2 Å². The summed E-state index contributed by atoms with van der Waals surface area (Å²) < 4.78 is 0. The number of hydrogen-bond donors (Lipinski definition) is 3. The molecule has 0 atom stereocenters. The van der Waals surface area contributed by atoms with Gasteiger partial charge in [0.05, 0.1) is 0 Å². The van der Waals surface area contributed by atoms with Crippen LogP contribution >= 0.6 is 0 Å². The Hall–Kier alpha value is -2.57. The van der Waals surface area contributed by atoms with Crippen LogP contribution in [0.2, 0.25) is 0 Å². The largest absolute Gasteiger partial charge is 0.488 e. The zero-order chi connectivity index (χ0) is 19.7. The number of aromatic nitrogens is 1. The Morgan fingerprint density at radius 1 is 1.14 bits per heavy atom. The van der Waals surface area contributed by atoms with Crippen molar-refractivity contribution >= 4 is 29.4 Å². The summed E-state index contributed by atoms with van der Waals surface area (Å²) in [5, 5.41) is 19.5. The van der Waals surface area contributed by atoms with Gasteiger partial charge in [0, 0.05) is 24.0 Å². The lowest BCUT2D eigenvalue weighted by Gasteiger charge is -2.32. The van der Waals surface area contributed by atoms with Crippen LogP contribution in [0.4, 0.5) is 0 Å². The maximum Gasteiger partial charge on any atom is 0.488 e. The second-order valence-corrected chi connectivity index (χ2v) is 7.57. The fourth-order valence-electron chi connectivity index (χ4n) is 4.07. The van der Waals surface area contributed by atoms with Crippen LogP contribution in [-0.4, -0.2) is 46.0 Å². The van der Waals surface area contributed by atoms with Crippen LogP contribution in [0.1, 0.15) is 47.3 Å². The van der Waals surface area contributed by atoms with E-state index in [0.29, 0.717) is 17.1 Å². The van der Waals surface area contributed by atoms with E-state index in [0.717, 1.165) is 43.3 Å². The normalized spacial score (nSPS) is 15.2. The summed E-state index contributed by atoms with van der Waals surface area (Å²) in [6.45, 7) is 3.66. The number of piperidine rings is 1. The van der Waals surface area contributed by atoms with Crippen LogP contribution in [0.25, 0.3) is 10.9 Å². The standard InChI is InChI=1S/C22H25BN2O3/c1-2-15-4-3-5-17(12-15)16-8-10-25(11-9-16)22(26)21-13-18-6-7-19(23(27)28)14-20(18)24-21/h3-7,12-14,16,24,27-28H,2,8-11H2,1H3. The summed E-state index contributed by atoms with van der Waals surface area (Å²) in [6, 6.07) is 15.8. The molecule has 3 N–H and O–H groups in total. The molecular weight excluding hydrogens is 351 g/mol. The van der Waals surface area contributed by atoms with Crippen molar-refractivity contribution in [2.75, 3.05) is 13.1 Å². The third-order valence-electron chi connectivity index (χ3n) is 5.79. The first-order valence-electron chi connectivity index (χ1n) is 9.92. The molecule has 4 rings (SSSR count). The van der Waals surface area contributed by atoms with Crippen molar-refractivity contribution < 1.29 is 14.8 Å². The van der Waals surface area contributed by atoms with Crippen molar-refractivity contribution in [3.05, 3.63) is 65.4 Å². The predicted octanol–water partition coefficient (Wildman–Crippen LogP) is 2.43. The van der Waals surface area contributed by atoms with Gasteiger partial charge in [-0.1, -0.05) is 43.3 Å². The van der Waals surface area contributed by atoms with E-state index in [1.807, 2.05) is 11.0 Å². The topological polar surface area (TPSA) is 76.6 Å². The third kappa shape index (κ3) is 3.70. The Morgan fingerprint density at radius 3 is 2.64 bits per heavy atom. The van der Waals surface area contributed by atoms with Crippen LogP contribution in [0.15, 0.2) is 48.5 Å². The van der Waals surface area contributed by atoms with Crippen LogP contribution in [0.3, 0.4) is 0 Å². The minimum Gasteiger partial charge on any atom is -0.423 e. The monoisotopic (exact) mass is 376 g/mol. The zero-order valence-electron chi connectivity index (χ0n) is 16.1. The van der Waals surface area contributed by atoms with Crippen LogP contribution in [0.5, 0.6) is 0 Å². The smallest absolute Gasteiger partial charge is 0.423 e. The molecule has 1 amide bonds. The second kappa shape index (κ2) is 7.82. The molecular formula is C22H25BN2O3. The van der Waals surface area contributed by atoms with E-state index in [4.69, 9.17) is 0 Å². The van der Waals surface area contributed by atoms with Gasteiger partial charge in [-0.15, -0.1) is 0 Å². The highest BCUT2D eigenvalue weighted by Gasteiger charge is 2.25. The van der Waals surface area contributed by atoms with Gasteiger partial charge in [0.25, 0.3) is 5.91 Å². The van der Waals surface area contributed by atoms with Crippen molar-refractivity contribution in [2.45, 2.75) is 32.1 Å². The lowest BCUT2D eigenvalue weighted by molar-refractivity contribution is 0.0708. The number of likely N-dealkylation sites (tertiary alicyclic amines) is 1. The molecule has 1 aliphatic heterocycles. The van der Waals surface area contributed by atoms with Gasteiger partial charge in [0.1, 0.15) is 5.69 Å². The Labute approximate surface area is 165 Å². The molecule has 1 aromatic heterocycles. The van der Waals surface area contributed by atoms with Gasteiger partial charge in [0.2, 0.25) is 0 Å². The highest BCUT2D eigenvalue weighted by molar-refractivity contribution is 6.58. The molecule has 144 valence electrons. The van der Waals surface area contributed by atoms with Gasteiger partial charge >= 0.3 is 7.12 Å². The third-order valence-corrected chi connectivity index (χ3v) is 5.79. The zero-order valence-corrected chi connectivity index (χ0v) is 16.1. The first-order chi connectivity index (χ1) is 13.5. The highest BCUT2D eigenvalue weighted by atomic mass is 16.4. The molecule has 0 aliphatic carbocycles. The number of hydrogen-bond acceptors (Lipinski definition) is 3. The number of amides is 1. The quantitative estimate of drug-likeness (QED) is 0.612. The molecule has 0 unspecified atom stereocenters. The number of fused-ring (bicyclic) bond motifs is 1. The molecule has 0 radical (unpaired) electrons. The van der Waals surface area contributed by atoms with Crippen LogP contribution < -0.4 is 5.46 Å². The van der Waals surface area contributed by atoms with E-state index in [1.165, 1.54) is 11.1 Å². The Kier molecular flexibility index (Phi) is 5.24. The number of aryl methyl sites for hydroxylation is 1.